The molecule has 0 unspecified atom stereocenters. The minimum absolute atomic E-state index is 0.526. The Balaban J connectivity index is 2.83. The fourth-order valence-electron chi connectivity index (χ4n) is 1.50. The Morgan fingerprint density at radius 3 is 2.29 bits per heavy atom. The van der Waals surface area contributed by atoms with Crippen LogP contribution in [-0.4, -0.2) is 31.2 Å². The summed E-state index contributed by atoms with van der Waals surface area (Å²) >= 11 is 0. The van der Waals surface area contributed by atoms with Crippen LogP contribution in [0.3, 0.4) is 0 Å². The molecule has 14 heavy (non-hydrogen) atoms. The Morgan fingerprint density at radius 2 is 1.93 bits per heavy atom. The molecule has 0 fully saturated rings. The molecule has 0 amide bonds. The summed E-state index contributed by atoms with van der Waals surface area (Å²) in [5, 5.41) is 0. The van der Waals surface area contributed by atoms with Crippen LogP contribution in [0, 0.1) is 0 Å². The largest absolute Gasteiger partial charge is 0.412 e. The van der Waals surface area contributed by atoms with Crippen molar-refractivity contribution in [3.05, 3.63) is 22.8 Å². The number of hydrogen-bond donors (Lipinski definition) is 0. The van der Waals surface area contributed by atoms with Gasteiger partial charge in [-0.2, -0.15) is 13.2 Å². The average Bonchev–Trinajstić information content (AvgIpc) is 2.28. The third kappa shape index (κ3) is 2.61. The monoisotopic (exact) mass is 205 g/mol. The highest BCUT2D eigenvalue weighted by Crippen LogP contribution is 2.27. The van der Waals surface area contributed by atoms with Gasteiger partial charge >= 0.3 is 6.18 Å². The van der Waals surface area contributed by atoms with Gasteiger partial charge in [-0.3, -0.25) is 4.90 Å². The lowest BCUT2D eigenvalue weighted by Gasteiger charge is -2.08. The van der Waals surface area contributed by atoms with Gasteiger partial charge in [0.15, 0.2) is 0 Å². The third-order valence-electron chi connectivity index (χ3n) is 2.33. The van der Waals surface area contributed by atoms with E-state index in [2.05, 4.69) is 0 Å². The van der Waals surface area contributed by atoms with E-state index in [1.54, 1.807) is 0 Å². The predicted molar refractivity (Wildman–Crippen MR) is 50.0 cm³/mol. The van der Waals surface area contributed by atoms with Crippen molar-refractivity contribution in [2.45, 2.75) is 20.0 Å². The topological polar surface area (TPSA) is 3.24 Å². The lowest BCUT2D eigenvalue weighted by atomic mass is 10.1. The molecule has 80 valence electrons. The van der Waals surface area contributed by atoms with E-state index in [-0.39, 0.29) is 0 Å². The van der Waals surface area contributed by atoms with Crippen LogP contribution < -0.4 is 0 Å². The summed E-state index contributed by atoms with van der Waals surface area (Å²) < 4.78 is 36.7. The van der Waals surface area contributed by atoms with Crippen molar-refractivity contribution in [3.8, 4) is 0 Å². The van der Waals surface area contributed by atoms with E-state index in [1.165, 1.54) is 6.08 Å². The highest BCUT2D eigenvalue weighted by molar-refractivity contribution is 5.34. The van der Waals surface area contributed by atoms with E-state index < -0.39 is 11.7 Å². The highest BCUT2D eigenvalue weighted by atomic mass is 19.4. The Bertz CT molecular complexity index is 286. The normalized spacial score (nSPS) is 20.9. The van der Waals surface area contributed by atoms with Gasteiger partial charge in [0.25, 0.3) is 0 Å². The van der Waals surface area contributed by atoms with Gasteiger partial charge in [-0.1, -0.05) is 5.57 Å². The number of alkyl halides is 3. The maximum Gasteiger partial charge on any atom is 0.412 e. The maximum atomic E-state index is 12.2. The van der Waals surface area contributed by atoms with Crippen LogP contribution >= 0.6 is 0 Å². The molecule has 0 aromatic carbocycles. The molecule has 0 radical (unpaired) electrons. The molecule has 0 saturated heterocycles. The first-order valence-electron chi connectivity index (χ1n) is 4.43. The lowest BCUT2D eigenvalue weighted by molar-refractivity contribution is -0.0913. The molecule has 0 aromatic heterocycles. The summed E-state index contributed by atoms with van der Waals surface area (Å²) in [5.74, 6) is 0. The Labute approximate surface area is 81.9 Å². The number of nitrogens with zero attached hydrogens (tertiary/aromatic N) is 1. The molecule has 0 atom stereocenters. The van der Waals surface area contributed by atoms with Crippen LogP contribution in [0.5, 0.6) is 0 Å². The highest BCUT2D eigenvalue weighted by Gasteiger charge is 2.30. The average molecular weight is 205 g/mol. The SMILES string of the molecule is CC1=C(/C=C(\C)C(F)(F)F)CN(C)C1. The fraction of sp³-hybridized carbons (Fsp3) is 0.600. The van der Waals surface area contributed by atoms with E-state index in [0.717, 1.165) is 24.6 Å². The van der Waals surface area contributed by atoms with E-state index in [4.69, 9.17) is 0 Å². The number of allylic oxidation sites excluding steroid dienone is 1. The molecule has 0 spiro atoms. The van der Waals surface area contributed by atoms with E-state index in [1.807, 2.05) is 18.9 Å². The number of likely N-dealkylation sites (N-methyl/N-ethyl adjacent to an activating group) is 1. The minimum atomic E-state index is -4.20. The number of rotatable bonds is 1. The van der Waals surface area contributed by atoms with Gasteiger partial charge in [0.1, 0.15) is 0 Å². The van der Waals surface area contributed by atoms with Gasteiger partial charge in [0.05, 0.1) is 0 Å². The van der Waals surface area contributed by atoms with Crippen LogP contribution in [-0.2, 0) is 0 Å². The molecule has 1 aliphatic rings. The Hall–Kier alpha value is -0.770. The quantitative estimate of drug-likeness (QED) is 0.636. The zero-order valence-corrected chi connectivity index (χ0v) is 8.57. The zero-order chi connectivity index (χ0) is 10.9. The first-order valence-corrected chi connectivity index (χ1v) is 4.43. The van der Waals surface area contributed by atoms with Crippen molar-refractivity contribution in [1.29, 1.82) is 0 Å². The Kier molecular flexibility index (Phi) is 3.04. The van der Waals surface area contributed by atoms with Crippen molar-refractivity contribution in [3.63, 3.8) is 0 Å². The summed E-state index contributed by atoms with van der Waals surface area (Å²) in [4.78, 5) is 1.99. The first kappa shape index (κ1) is 11.3. The molecule has 1 aliphatic heterocycles. The smallest absolute Gasteiger partial charge is 0.298 e. The van der Waals surface area contributed by atoms with Crippen LogP contribution in [0.2, 0.25) is 0 Å². The van der Waals surface area contributed by atoms with E-state index in [9.17, 15) is 13.2 Å². The standard InChI is InChI=1S/C10H14F3N/c1-7-5-14(3)6-9(7)4-8(2)10(11,12)13/h4H,5-6H2,1-3H3/b8-4+. The van der Waals surface area contributed by atoms with Crippen LogP contribution in [0.25, 0.3) is 0 Å². The van der Waals surface area contributed by atoms with Crippen molar-refractivity contribution in [1.82, 2.24) is 4.90 Å². The van der Waals surface area contributed by atoms with E-state index in [0.29, 0.717) is 6.54 Å². The zero-order valence-electron chi connectivity index (χ0n) is 8.57. The van der Waals surface area contributed by atoms with Gasteiger partial charge in [-0.25, -0.2) is 0 Å². The van der Waals surface area contributed by atoms with Crippen molar-refractivity contribution < 1.29 is 13.2 Å². The molecule has 1 rings (SSSR count). The number of hydrogen-bond acceptors (Lipinski definition) is 1. The van der Waals surface area contributed by atoms with Gasteiger partial charge in [-0.15, -0.1) is 0 Å². The summed E-state index contributed by atoms with van der Waals surface area (Å²) in [6.07, 6.45) is -2.95. The number of halogens is 3. The molecule has 4 heteroatoms. The van der Waals surface area contributed by atoms with E-state index >= 15 is 0 Å². The molecule has 1 nitrogen and oxygen atoms in total. The molecular weight excluding hydrogens is 191 g/mol. The fourth-order valence-corrected chi connectivity index (χ4v) is 1.50. The molecule has 0 bridgehead atoms. The predicted octanol–water partition coefficient (Wildman–Crippen LogP) is 2.76. The second kappa shape index (κ2) is 3.77. The van der Waals surface area contributed by atoms with Crippen molar-refractivity contribution in [2.75, 3.05) is 20.1 Å². The maximum absolute atomic E-state index is 12.2. The molecule has 0 saturated carbocycles. The van der Waals surface area contributed by atoms with Crippen LogP contribution in [0.1, 0.15) is 13.8 Å². The van der Waals surface area contributed by atoms with Crippen molar-refractivity contribution in [2.24, 2.45) is 0 Å². The summed E-state index contributed by atoms with van der Waals surface area (Å²) in [5.41, 5.74) is 1.29. The van der Waals surface area contributed by atoms with Crippen molar-refractivity contribution >= 4 is 0 Å². The second-order valence-electron chi connectivity index (χ2n) is 3.80. The molecule has 0 N–H and O–H groups in total. The van der Waals surface area contributed by atoms with Crippen LogP contribution in [0.15, 0.2) is 22.8 Å². The van der Waals surface area contributed by atoms with Crippen LogP contribution in [0.4, 0.5) is 13.2 Å². The van der Waals surface area contributed by atoms with Gasteiger partial charge in [0, 0.05) is 18.7 Å². The second-order valence-corrected chi connectivity index (χ2v) is 3.80. The molecule has 0 aliphatic carbocycles. The summed E-state index contributed by atoms with van der Waals surface area (Å²) in [6.45, 7) is 4.35. The first-order chi connectivity index (χ1) is 6.30. The molecule has 0 aromatic rings. The molecule has 1 heterocycles. The third-order valence-corrected chi connectivity index (χ3v) is 2.33. The minimum Gasteiger partial charge on any atom is -0.298 e. The Morgan fingerprint density at radius 1 is 1.36 bits per heavy atom. The summed E-state index contributed by atoms with van der Waals surface area (Å²) in [7, 11) is 1.90. The lowest BCUT2D eigenvalue weighted by Crippen LogP contribution is -2.14. The molecular formula is C10H14F3N. The summed E-state index contributed by atoms with van der Waals surface area (Å²) in [6, 6.07) is 0. The van der Waals surface area contributed by atoms with Gasteiger partial charge in [-0.05, 0) is 32.5 Å². The van der Waals surface area contributed by atoms with Gasteiger partial charge in [0.2, 0.25) is 0 Å². The van der Waals surface area contributed by atoms with Gasteiger partial charge < -0.3 is 0 Å².